The third kappa shape index (κ3) is 5.41. The molecule has 2 N–H and O–H groups in total. The van der Waals surface area contributed by atoms with Crippen LogP contribution < -0.4 is 15.4 Å². The fourth-order valence-electron chi connectivity index (χ4n) is 3.00. The van der Waals surface area contributed by atoms with Crippen molar-refractivity contribution in [3.63, 3.8) is 0 Å². The summed E-state index contributed by atoms with van der Waals surface area (Å²) in [5.41, 5.74) is 1.05. The van der Waals surface area contributed by atoms with Gasteiger partial charge in [-0.2, -0.15) is 10.2 Å². The van der Waals surface area contributed by atoms with Crippen LogP contribution in [0.15, 0.2) is 67.0 Å². The van der Waals surface area contributed by atoms with Crippen molar-refractivity contribution in [2.75, 3.05) is 10.6 Å². The predicted molar refractivity (Wildman–Crippen MR) is 125 cm³/mol. The number of anilines is 2. The Kier molecular flexibility index (Phi) is 6.88. The van der Waals surface area contributed by atoms with Gasteiger partial charge in [0.1, 0.15) is 11.6 Å². The van der Waals surface area contributed by atoms with Crippen LogP contribution in [0.25, 0.3) is 0 Å². The number of para-hydroxylation sites is 1. The number of aryl methyl sites for hydroxylation is 1. The van der Waals surface area contributed by atoms with Crippen molar-refractivity contribution in [1.29, 1.82) is 0 Å². The van der Waals surface area contributed by atoms with E-state index in [1.165, 1.54) is 28.9 Å². The van der Waals surface area contributed by atoms with Crippen LogP contribution in [0.2, 0.25) is 5.02 Å². The largest absolute Gasteiger partial charge is 0.471 e. The van der Waals surface area contributed by atoms with Crippen molar-refractivity contribution in [3.8, 4) is 5.75 Å². The lowest BCUT2D eigenvalue weighted by Crippen LogP contribution is -2.18. The minimum absolute atomic E-state index is 0.0201. The summed E-state index contributed by atoms with van der Waals surface area (Å²) >= 11 is 5.75. The second-order valence-electron chi connectivity index (χ2n) is 7.11. The van der Waals surface area contributed by atoms with Crippen molar-refractivity contribution >= 4 is 34.8 Å². The van der Waals surface area contributed by atoms with E-state index in [9.17, 15) is 14.0 Å². The van der Waals surface area contributed by atoms with Crippen LogP contribution in [0, 0.1) is 5.82 Å². The van der Waals surface area contributed by atoms with Crippen LogP contribution in [0.3, 0.4) is 0 Å². The summed E-state index contributed by atoms with van der Waals surface area (Å²) < 4.78 is 21.7. The Bertz CT molecular complexity index is 1320. The summed E-state index contributed by atoms with van der Waals surface area (Å²) in [5.74, 6) is -1.16. The minimum atomic E-state index is -0.546. The maximum Gasteiger partial charge on any atom is 0.278 e. The number of hydrogen-bond acceptors (Lipinski definition) is 5. The van der Waals surface area contributed by atoms with Crippen molar-refractivity contribution in [3.05, 3.63) is 89.2 Å². The number of hydrogen-bond donors (Lipinski definition) is 2. The molecule has 0 radical (unpaired) electrons. The van der Waals surface area contributed by atoms with Crippen LogP contribution in [-0.4, -0.2) is 31.4 Å². The molecule has 0 aliphatic heterocycles. The molecule has 2 aromatic carbocycles. The first-order valence-electron chi connectivity index (χ1n) is 10.3. The molecule has 0 spiro atoms. The molecule has 0 atom stereocenters. The summed E-state index contributed by atoms with van der Waals surface area (Å²) in [4.78, 5) is 25.5. The van der Waals surface area contributed by atoms with E-state index >= 15 is 0 Å². The summed E-state index contributed by atoms with van der Waals surface area (Å²) in [6.45, 7) is 2.36. The smallest absolute Gasteiger partial charge is 0.278 e. The fraction of sp³-hybridized carbons (Fsp3) is 0.130. The van der Waals surface area contributed by atoms with Crippen molar-refractivity contribution < 1.29 is 18.7 Å². The number of carbonyl (C=O) groups excluding carboxylic acids is 2. The molecule has 174 valence electrons. The molecule has 0 fully saturated rings. The van der Waals surface area contributed by atoms with Gasteiger partial charge < -0.3 is 15.4 Å². The lowest BCUT2D eigenvalue weighted by Gasteiger charge is -2.07. The molecule has 2 heterocycles. The number of nitrogens with zero attached hydrogens (tertiary/aromatic N) is 4. The normalized spacial score (nSPS) is 10.7. The van der Waals surface area contributed by atoms with Crippen LogP contribution >= 0.6 is 11.6 Å². The summed E-state index contributed by atoms with van der Waals surface area (Å²) in [5, 5.41) is 13.8. The molecular weight excluding hydrogens is 463 g/mol. The monoisotopic (exact) mass is 482 g/mol. The first kappa shape index (κ1) is 23.0. The highest BCUT2D eigenvalue weighted by Crippen LogP contribution is 2.21. The molecule has 4 aromatic rings. The van der Waals surface area contributed by atoms with E-state index in [0.717, 1.165) is 0 Å². The molecule has 9 nitrogen and oxygen atoms in total. The lowest BCUT2D eigenvalue weighted by molar-refractivity contribution is 0.102. The first-order chi connectivity index (χ1) is 16.4. The van der Waals surface area contributed by atoms with Gasteiger partial charge >= 0.3 is 0 Å². The van der Waals surface area contributed by atoms with Gasteiger partial charge in [0.05, 0.1) is 10.7 Å². The second-order valence-corrected chi connectivity index (χ2v) is 7.52. The molecule has 34 heavy (non-hydrogen) atoms. The molecule has 11 heteroatoms. The summed E-state index contributed by atoms with van der Waals surface area (Å²) in [6.07, 6.45) is 3.13. The summed E-state index contributed by atoms with van der Waals surface area (Å²) in [6, 6.07) is 14.4. The number of amides is 2. The molecule has 2 amide bonds. The topological polar surface area (TPSA) is 103 Å². The van der Waals surface area contributed by atoms with Crippen molar-refractivity contribution in [1.82, 2.24) is 19.6 Å². The number of nitrogens with one attached hydrogen (secondary N) is 2. The third-order valence-electron chi connectivity index (χ3n) is 4.71. The molecule has 0 aliphatic carbocycles. The number of benzene rings is 2. The molecule has 0 unspecified atom stereocenters. The lowest BCUT2D eigenvalue weighted by atomic mass is 10.3. The van der Waals surface area contributed by atoms with Crippen LogP contribution in [0.1, 0.15) is 27.9 Å². The van der Waals surface area contributed by atoms with E-state index in [1.54, 1.807) is 41.3 Å². The fourth-order valence-corrected chi connectivity index (χ4v) is 3.17. The summed E-state index contributed by atoms with van der Waals surface area (Å²) in [7, 11) is 0. The molecule has 0 saturated heterocycles. The number of carbonyl (C=O) groups is 2. The quantitative estimate of drug-likeness (QED) is 0.386. The molecule has 2 aromatic heterocycles. The Hall–Kier alpha value is -4.18. The van der Waals surface area contributed by atoms with E-state index in [0.29, 0.717) is 18.0 Å². The third-order valence-corrected chi connectivity index (χ3v) is 5.00. The molecular formula is C23H20ClFN6O3. The van der Waals surface area contributed by atoms with E-state index in [4.69, 9.17) is 16.3 Å². The Morgan fingerprint density at radius 1 is 1.03 bits per heavy atom. The molecule has 0 saturated carbocycles. The van der Waals surface area contributed by atoms with Gasteiger partial charge in [-0.15, -0.1) is 0 Å². The van der Waals surface area contributed by atoms with Crippen molar-refractivity contribution in [2.24, 2.45) is 0 Å². The Labute approximate surface area is 199 Å². The average molecular weight is 483 g/mol. The number of aromatic nitrogens is 4. The predicted octanol–water partition coefficient (Wildman–Crippen LogP) is 4.43. The zero-order chi connectivity index (χ0) is 24.1. The average Bonchev–Trinajstić information content (AvgIpc) is 3.48. The van der Waals surface area contributed by atoms with Crippen LogP contribution in [0.4, 0.5) is 15.8 Å². The Balaban J connectivity index is 1.43. The Morgan fingerprint density at radius 2 is 1.82 bits per heavy atom. The van der Waals surface area contributed by atoms with E-state index in [2.05, 4.69) is 20.8 Å². The number of halogens is 2. The highest BCUT2D eigenvalue weighted by atomic mass is 35.5. The maximum atomic E-state index is 13.3. The van der Waals surface area contributed by atoms with E-state index in [-0.39, 0.29) is 28.8 Å². The zero-order valence-corrected chi connectivity index (χ0v) is 18.8. The molecule has 0 bridgehead atoms. The van der Waals surface area contributed by atoms with Gasteiger partial charge in [0.15, 0.2) is 18.1 Å². The van der Waals surface area contributed by atoms with Crippen LogP contribution in [-0.2, 0) is 13.3 Å². The minimum Gasteiger partial charge on any atom is -0.471 e. The first-order valence-corrected chi connectivity index (χ1v) is 10.7. The second kappa shape index (κ2) is 10.2. The van der Waals surface area contributed by atoms with Gasteiger partial charge in [-0.05, 0) is 37.3 Å². The van der Waals surface area contributed by atoms with Gasteiger partial charge in [0.2, 0.25) is 0 Å². The highest BCUT2D eigenvalue weighted by molar-refractivity contribution is 6.30. The Morgan fingerprint density at radius 3 is 2.56 bits per heavy atom. The van der Waals surface area contributed by atoms with Crippen LogP contribution in [0.5, 0.6) is 5.75 Å². The van der Waals surface area contributed by atoms with E-state index < -0.39 is 17.6 Å². The highest BCUT2D eigenvalue weighted by Gasteiger charge is 2.20. The van der Waals surface area contributed by atoms with Gasteiger partial charge in [0.25, 0.3) is 11.8 Å². The van der Waals surface area contributed by atoms with Crippen molar-refractivity contribution in [2.45, 2.75) is 20.2 Å². The van der Waals surface area contributed by atoms with Gasteiger partial charge in [-0.3, -0.25) is 14.3 Å². The molecule has 4 rings (SSSR count). The van der Waals surface area contributed by atoms with Gasteiger partial charge in [-0.25, -0.2) is 9.07 Å². The standard InChI is InChI=1S/C23H20ClFN6O3/c1-2-30-13-20(21(29-30)23(33)26-15-6-4-3-5-7-15)27-22(32)19-10-11-31(28-19)14-34-16-8-9-18(25)17(24)12-16/h3-13H,2,14H2,1H3,(H,26,33)(H,27,32). The van der Waals surface area contributed by atoms with Gasteiger partial charge in [0, 0.05) is 30.7 Å². The van der Waals surface area contributed by atoms with E-state index in [1.807, 2.05) is 13.0 Å². The zero-order valence-electron chi connectivity index (χ0n) is 18.0. The number of ether oxygens (including phenoxy) is 1. The SMILES string of the molecule is CCn1cc(NC(=O)c2ccn(COc3ccc(F)c(Cl)c3)n2)c(C(=O)Nc2ccccc2)n1. The van der Waals surface area contributed by atoms with Gasteiger partial charge in [-0.1, -0.05) is 29.8 Å². The number of rotatable bonds is 8. The maximum absolute atomic E-state index is 13.3. The molecule has 0 aliphatic rings.